The Labute approximate surface area is 126 Å². The molecule has 1 aromatic heterocycles. The zero-order chi connectivity index (χ0) is 15.4. The minimum Gasteiger partial charge on any atom is -0.342 e. The monoisotopic (exact) mass is 287 g/mol. The highest BCUT2D eigenvalue weighted by atomic mass is 16.2. The minimum absolute atomic E-state index is 0.214. The van der Waals surface area contributed by atoms with Gasteiger partial charge in [0.1, 0.15) is 5.82 Å². The molecule has 114 valence electrons. The molecule has 0 aliphatic rings. The van der Waals surface area contributed by atoms with E-state index in [0.717, 1.165) is 48.4 Å². The van der Waals surface area contributed by atoms with Crippen molar-refractivity contribution in [2.75, 3.05) is 13.1 Å². The Bertz CT molecular complexity index is 624. The average Bonchev–Trinajstić information content (AvgIpc) is 2.73. The van der Waals surface area contributed by atoms with Gasteiger partial charge in [0.15, 0.2) is 0 Å². The van der Waals surface area contributed by atoms with Crippen molar-refractivity contribution in [1.29, 1.82) is 0 Å². The van der Waals surface area contributed by atoms with Crippen LogP contribution >= 0.6 is 0 Å². The van der Waals surface area contributed by atoms with Crippen LogP contribution in [0.25, 0.3) is 11.0 Å². The van der Waals surface area contributed by atoms with Gasteiger partial charge in [0.05, 0.1) is 17.5 Å². The van der Waals surface area contributed by atoms with Crippen molar-refractivity contribution >= 4 is 16.9 Å². The van der Waals surface area contributed by atoms with Crippen molar-refractivity contribution in [3.05, 3.63) is 29.6 Å². The van der Waals surface area contributed by atoms with Crippen molar-refractivity contribution in [3.63, 3.8) is 0 Å². The summed E-state index contributed by atoms with van der Waals surface area (Å²) >= 11 is 0. The summed E-state index contributed by atoms with van der Waals surface area (Å²) in [6, 6.07) is 6.13. The maximum Gasteiger partial charge on any atom is 0.226 e. The van der Waals surface area contributed by atoms with Gasteiger partial charge in [-0.25, -0.2) is 4.98 Å². The molecule has 2 aromatic rings. The highest BCUT2D eigenvalue weighted by Crippen LogP contribution is 2.17. The van der Waals surface area contributed by atoms with E-state index in [2.05, 4.69) is 29.5 Å². The normalized spacial score (nSPS) is 11.0. The van der Waals surface area contributed by atoms with Crippen LogP contribution in [0.15, 0.2) is 18.2 Å². The molecule has 2 rings (SSSR count). The van der Waals surface area contributed by atoms with E-state index in [-0.39, 0.29) is 5.91 Å². The molecular formula is C17H25N3O. The number of nitrogens with zero attached hydrogens (tertiary/aromatic N) is 3. The first-order valence-corrected chi connectivity index (χ1v) is 7.76. The van der Waals surface area contributed by atoms with Gasteiger partial charge in [0.2, 0.25) is 5.91 Å². The molecule has 0 aliphatic carbocycles. The summed E-state index contributed by atoms with van der Waals surface area (Å²) in [7, 11) is 2.01. The number of imidazole rings is 1. The first-order valence-electron chi connectivity index (χ1n) is 7.76. The van der Waals surface area contributed by atoms with E-state index < -0.39 is 0 Å². The summed E-state index contributed by atoms with van der Waals surface area (Å²) < 4.78 is 2.07. The molecular weight excluding hydrogens is 262 g/mol. The van der Waals surface area contributed by atoms with Gasteiger partial charge < -0.3 is 9.47 Å². The largest absolute Gasteiger partial charge is 0.342 e. The summed E-state index contributed by atoms with van der Waals surface area (Å²) in [5.41, 5.74) is 3.13. The lowest BCUT2D eigenvalue weighted by Crippen LogP contribution is -2.33. The van der Waals surface area contributed by atoms with E-state index >= 15 is 0 Å². The van der Waals surface area contributed by atoms with Crippen molar-refractivity contribution < 1.29 is 4.79 Å². The van der Waals surface area contributed by atoms with Crippen LogP contribution in [0.5, 0.6) is 0 Å². The first kappa shape index (κ1) is 15.5. The Morgan fingerprint density at radius 1 is 1.24 bits per heavy atom. The third-order valence-electron chi connectivity index (χ3n) is 3.86. The summed E-state index contributed by atoms with van der Waals surface area (Å²) in [6.45, 7) is 7.90. The molecule has 0 atom stereocenters. The van der Waals surface area contributed by atoms with E-state index in [9.17, 15) is 4.79 Å². The Hall–Kier alpha value is -1.84. The van der Waals surface area contributed by atoms with Crippen molar-refractivity contribution in [2.45, 2.75) is 40.0 Å². The summed E-state index contributed by atoms with van der Waals surface area (Å²) in [5, 5.41) is 0. The number of carbonyl (C=O) groups is 1. The number of aromatic nitrogens is 2. The molecule has 0 radical (unpaired) electrons. The molecule has 0 saturated heterocycles. The zero-order valence-electron chi connectivity index (χ0n) is 13.5. The second kappa shape index (κ2) is 6.74. The molecule has 0 N–H and O–H groups in total. The third kappa shape index (κ3) is 3.43. The number of aryl methyl sites for hydroxylation is 2. The molecule has 1 aromatic carbocycles. The highest BCUT2D eigenvalue weighted by Gasteiger charge is 2.13. The second-order valence-electron chi connectivity index (χ2n) is 5.60. The fraction of sp³-hybridized carbons (Fsp3) is 0.529. The number of fused-ring (bicyclic) bond motifs is 1. The Morgan fingerprint density at radius 2 is 1.90 bits per heavy atom. The SMILES string of the molecule is CCCN(CCC)C(=O)Cc1ccc2c(c1)nc(C)n2C. The Balaban J connectivity index is 2.16. The van der Waals surface area contributed by atoms with Crippen molar-refractivity contribution in [1.82, 2.24) is 14.5 Å². The molecule has 0 unspecified atom stereocenters. The maximum atomic E-state index is 12.4. The van der Waals surface area contributed by atoms with E-state index in [4.69, 9.17) is 0 Å². The number of amides is 1. The number of carbonyl (C=O) groups excluding carboxylic acids is 1. The molecule has 4 heteroatoms. The predicted octanol–water partition coefficient (Wildman–Crippen LogP) is 3.07. The lowest BCUT2D eigenvalue weighted by atomic mass is 10.1. The van der Waals surface area contributed by atoms with Gasteiger partial charge in [-0.15, -0.1) is 0 Å². The smallest absolute Gasteiger partial charge is 0.226 e. The number of hydrogen-bond acceptors (Lipinski definition) is 2. The quantitative estimate of drug-likeness (QED) is 0.819. The van der Waals surface area contributed by atoms with Crippen LogP contribution in [0.2, 0.25) is 0 Å². The molecule has 0 aliphatic heterocycles. The van der Waals surface area contributed by atoms with E-state index in [0.29, 0.717) is 6.42 Å². The van der Waals surface area contributed by atoms with Gasteiger partial charge in [-0.3, -0.25) is 4.79 Å². The van der Waals surface area contributed by atoms with E-state index in [1.54, 1.807) is 0 Å². The van der Waals surface area contributed by atoms with E-state index in [1.807, 2.05) is 31.0 Å². The molecule has 21 heavy (non-hydrogen) atoms. The van der Waals surface area contributed by atoms with Crippen molar-refractivity contribution in [3.8, 4) is 0 Å². The van der Waals surface area contributed by atoms with Gasteiger partial charge in [0, 0.05) is 20.1 Å². The summed E-state index contributed by atoms with van der Waals surface area (Å²) in [5.74, 6) is 1.21. The summed E-state index contributed by atoms with van der Waals surface area (Å²) in [4.78, 5) is 18.9. The van der Waals surface area contributed by atoms with Crippen LogP contribution in [0.3, 0.4) is 0 Å². The lowest BCUT2D eigenvalue weighted by Gasteiger charge is -2.21. The van der Waals surface area contributed by atoms with Crippen LogP contribution in [-0.4, -0.2) is 33.4 Å². The first-order chi connectivity index (χ1) is 10.1. The summed E-state index contributed by atoms with van der Waals surface area (Å²) in [6.07, 6.45) is 2.47. The number of benzene rings is 1. The molecule has 0 spiro atoms. The topological polar surface area (TPSA) is 38.1 Å². The lowest BCUT2D eigenvalue weighted by molar-refractivity contribution is -0.130. The van der Waals surface area contributed by atoms with E-state index in [1.165, 1.54) is 0 Å². The molecule has 0 bridgehead atoms. The van der Waals surface area contributed by atoms with Gasteiger partial charge in [-0.05, 0) is 37.5 Å². The standard InChI is InChI=1S/C17H25N3O/c1-5-9-20(10-6-2)17(21)12-14-7-8-16-15(11-14)18-13(3)19(16)4/h7-8,11H,5-6,9-10,12H2,1-4H3. The van der Waals surface area contributed by atoms with Gasteiger partial charge in [-0.1, -0.05) is 19.9 Å². The zero-order valence-corrected chi connectivity index (χ0v) is 13.5. The highest BCUT2D eigenvalue weighted by molar-refractivity contribution is 5.82. The Morgan fingerprint density at radius 3 is 2.52 bits per heavy atom. The molecule has 1 heterocycles. The predicted molar refractivity (Wildman–Crippen MR) is 86.3 cm³/mol. The molecule has 1 amide bonds. The van der Waals surface area contributed by atoms with Crippen LogP contribution in [0.4, 0.5) is 0 Å². The fourth-order valence-corrected chi connectivity index (χ4v) is 2.66. The fourth-order valence-electron chi connectivity index (χ4n) is 2.66. The van der Waals surface area contributed by atoms with Crippen LogP contribution in [-0.2, 0) is 18.3 Å². The minimum atomic E-state index is 0.214. The van der Waals surface area contributed by atoms with Crippen LogP contribution in [0, 0.1) is 6.92 Å². The number of rotatable bonds is 6. The third-order valence-corrected chi connectivity index (χ3v) is 3.86. The Kier molecular flexibility index (Phi) is 4.99. The maximum absolute atomic E-state index is 12.4. The van der Waals surface area contributed by atoms with Gasteiger partial charge in [0.25, 0.3) is 0 Å². The molecule has 4 nitrogen and oxygen atoms in total. The van der Waals surface area contributed by atoms with Crippen LogP contribution < -0.4 is 0 Å². The number of hydrogen-bond donors (Lipinski definition) is 0. The van der Waals surface area contributed by atoms with Crippen LogP contribution in [0.1, 0.15) is 38.1 Å². The average molecular weight is 287 g/mol. The second-order valence-corrected chi connectivity index (χ2v) is 5.60. The van der Waals surface area contributed by atoms with Crippen molar-refractivity contribution in [2.24, 2.45) is 7.05 Å². The molecule has 0 saturated carbocycles. The van der Waals surface area contributed by atoms with Gasteiger partial charge in [-0.2, -0.15) is 0 Å². The van der Waals surface area contributed by atoms with Gasteiger partial charge >= 0.3 is 0 Å². The molecule has 0 fully saturated rings.